The smallest absolute Gasteiger partial charge is 0.339 e. The van der Waals surface area contributed by atoms with Gasteiger partial charge in [-0.25, -0.2) is 9.78 Å². The predicted octanol–water partition coefficient (Wildman–Crippen LogP) is 2.58. The number of benzene rings is 1. The number of hydrogen-bond acceptors (Lipinski definition) is 9. The van der Waals surface area contributed by atoms with Crippen molar-refractivity contribution in [3.8, 4) is 0 Å². The van der Waals surface area contributed by atoms with E-state index in [4.69, 9.17) is 14.5 Å². The number of rotatable bonds is 7. The van der Waals surface area contributed by atoms with E-state index in [1.165, 1.54) is 11.3 Å². The predicted molar refractivity (Wildman–Crippen MR) is 123 cm³/mol. The minimum Gasteiger partial charge on any atom is -0.466 e. The average Bonchev–Trinajstić information content (AvgIpc) is 3.22. The van der Waals surface area contributed by atoms with Gasteiger partial charge in [0, 0.05) is 41.5 Å². The summed E-state index contributed by atoms with van der Waals surface area (Å²) < 4.78 is 10.3. The Balaban J connectivity index is 1.44. The largest absolute Gasteiger partial charge is 0.466 e. The fraction of sp³-hybridized carbons (Fsp3) is 0.348. The van der Waals surface area contributed by atoms with E-state index < -0.39 is 18.5 Å². The van der Waals surface area contributed by atoms with Crippen LogP contribution < -0.4 is 5.32 Å². The molecule has 9 nitrogen and oxygen atoms in total. The maximum absolute atomic E-state index is 13.1. The van der Waals surface area contributed by atoms with Gasteiger partial charge in [-0.2, -0.15) is 0 Å². The summed E-state index contributed by atoms with van der Waals surface area (Å²) in [7, 11) is 1.99. The lowest BCUT2D eigenvalue weighted by Crippen LogP contribution is -2.30. The van der Waals surface area contributed by atoms with E-state index in [1.807, 2.05) is 31.3 Å². The summed E-state index contributed by atoms with van der Waals surface area (Å²) >= 11 is 1.18. The summed E-state index contributed by atoms with van der Waals surface area (Å²) in [4.78, 5) is 48.0. The number of fused-ring (bicyclic) bond motifs is 2. The minimum absolute atomic E-state index is 0.0316. The molecule has 0 saturated heterocycles. The number of thiazole rings is 1. The molecule has 0 atom stereocenters. The second-order valence-electron chi connectivity index (χ2n) is 7.67. The van der Waals surface area contributed by atoms with E-state index in [0.717, 1.165) is 29.7 Å². The normalized spacial score (nSPS) is 13.4. The highest BCUT2D eigenvalue weighted by Gasteiger charge is 2.26. The molecule has 4 rings (SSSR count). The van der Waals surface area contributed by atoms with Crippen molar-refractivity contribution in [3.63, 3.8) is 0 Å². The van der Waals surface area contributed by atoms with Crippen LogP contribution in [0.2, 0.25) is 0 Å². The molecule has 0 aliphatic carbocycles. The van der Waals surface area contributed by atoms with Crippen LogP contribution in [0.5, 0.6) is 0 Å². The minimum atomic E-state index is -0.558. The van der Waals surface area contributed by atoms with Crippen molar-refractivity contribution in [2.24, 2.45) is 0 Å². The van der Waals surface area contributed by atoms with Crippen LogP contribution in [-0.4, -0.2) is 59.5 Å². The third kappa shape index (κ3) is 5.35. The monoisotopic (exact) mass is 468 g/mol. The van der Waals surface area contributed by atoms with E-state index in [2.05, 4.69) is 15.2 Å². The third-order valence-electron chi connectivity index (χ3n) is 5.20. The van der Waals surface area contributed by atoms with Gasteiger partial charge in [0.15, 0.2) is 11.7 Å². The van der Waals surface area contributed by atoms with Crippen molar-refractivity contribution in [2.45, 2.75) is 26.3 Å². The number of likely N-dealkylation sites (N-methyl/N-ethyl adjacent to an activating group) is 1. The van der Waals surface area contributed by atoms with Crippen molar-refractivity contribution in [1.82, 2.24) is 14.9 Å². The molecule has 10 heteroatoms. The maximum Gasteiger partial charge on any atom is 0.339 e. The second-order valence-corrected chi connectivity index (χ2v) is 8.53. The van der Waals surface area contributed by atoms with E-state index >= 15 is 0 Å². The number of nitrogens with zero attached hydrogens (tertiary/aromatic N) is 3. The van der Waals surface area contributed by atoms with Crippen molar-refractivity contribution in [2.75, 3.05) is 32.1 Å². The second kappa shape index (κ2) is 10.1. The first-order valence-corrected chi connectivity index (χ1v) is 11.5. The highest BCUT2D eigenvalue weighted by atomic mass is 32.1. The Bertz CT molecular complexity index is 1210. The van der Waals surface area contributed by atoms with Gasteiger partial charge >= 0.3 is 11.9 Å². The zero-order chi connectivity index (χ0) is 23.4. The van der Waals surface area contributed by atoms with Crippen molar-refractivity contribution < 1.29 is 23.9 Å². The molecule has 0 bridgehead atoms. The van der Waals surface area contributed by atoms with Gasteiger partial charge in [-0.05, 0) is 20.0 Å². The van der Waals surface area contributed by atoms with Crippen molar-refractivity contribution in [1.29, 1.82) is 0 Å². The van der Waals surface area contributed by atoms with Crippen LogP contribution in [0.15, 0.2) is 29.6 Å². The SMILES string of the molecule is CCOC(=O)Cc1csc(NC(=O)COC(=O)c2c3c(nc4ccccc24)CCN(C)C3)n1. The maximum atomic E-state index is 13.1. The van der Waals surface area contributed by atoms with Gasteiger partial charge in [-0.3, -0.25) is 19.9 Å². The Morgan fingerprint density at radius 3 is 2.82 bits per heavy atom. The molecule has 1 amide bonds. The molecule has 1 N–H and O–H groups in total. The van der Waals surface area contributed by atoms with Crippen LogP contribution in [0.4, 0.5) is 5.13 Å². The van der Waals surface area contributed by atoms with Crippen molar-refractivity contribution >= 4 is 45.2 Å². The van der Waals surface area contributed by atoms with Gasteiger partial charge in [-0.1, -0.05) is 18.2 Å². The van der Waals surface area contributed by atoms with Crippen molar-refractivity contribution in [3.05, 3.63) is 52.2 Å². The summed E-state index contributed by atoms with van der Waals surface area (Å²) in [5, 5.41) is 5.30. The summed E-state index contributed by atoms with van der Waals surface area (Å²) in [5.74, 6) is -1.45. The summed E-state index contributed by atoms with van der Waals surface area (Å²) in [6.07, 6.45) is 0.777. The molecule has 0 radical (unpaired) electrons. The third-order valence-corrected chi connectivity index (χ3v) is 6.01. The van der Waals surface area contributed by atoms with Crippen LogP contribution in [0.25, 0.3) is 10.9 Å². The van der Waals surface area contributed by atoms with Gasteiger partial charge in [0.2, 0.25) is 0 Å². The number of esters is 2. The van der Waals surface area contributed by atoms with Crippen LogP contribution in [0.3, 0.4) is 0 Å². The Labute approximate surface area is 194 Å². The highest BCUT2D eigenvalue weighted by Crippen LogP contribution is 2.28. The zero-order valence-corrected chi connectivity index (χ0v) is 19.2. The highest BCUT2D eigenvalue weighted by molar-refractivity contribution is 7.13. The van der Waals surface area contributed by atoms with Gasteiger partial charge in [0.1, 0.15) is 0 Å². The van der Waals surface area contributed by atoms with Crippen LogP contribution >= 0.6 is 11.3 Å². The molecule has 0 saturated carbocycles. The number of anilines is 1. The molecule has 172 valence electrons. The van der Waals surface area contributed by atoms with E-state index in [-0.39, 0.29) is 12.4 Å². The zero-order valence-electron chi connectivity index (χ0n) is 18.4. The van der Waals surface area contributed by atoms with Crippen LogP contribution in [0, 0.1) is 0 Å². The first-order chi connectivity index (χ1) is 15.9. The molecular formula is C23H24N4O5S. The summed E-state index contributed by atoms with van der Waals surface area (Å²) in [5.41, 5.74) is 3.43. The topological polar surface area (TPSA) is 111 Å². The van der Waals surface area contributed by atoms with Gasteiger partial charge in [0.25, 0.3) is 5.91 Å². The first kappa shape index (κ1) is 22.8. The Hall–Kier alpha value is -3.37. The molecule has 1 aliphatic heterocycles. The fourth-order valence-electron chi connectivity index (χ4n) is 3.72. The lowest BCUT2D eigenvalue weighted by molar-refractivity contribution is -0.142. The Kier molecular flexibility index (Phi) is 6.95. The number of hydrogen-bond donors (Lipinski definition) is 1. The van der Waals surface area contributed by atoms with E-state index in [9.17, 15) is 14.4 Å². The number of nitrogens with one attached hydrogen (secondary N) is 1. The molecule has 3 aromatic rings. The molecular weight excluding hydrogens is 444 g/mol. The molecule has 1 aliphatic rings. The number of aromatic nitrogens is 2. The lowest BCUT2D eigenvalue weighted by Gasteiger charge is -2.26. The summed E-state index contributed by atoms with van der Waals surface area (Å²) in [6.45, 7) is 3.03. The average molecular weight is 469 g/mol. The van der Waals surface area contributed by atoms with E-state index in [0.29, 0.717) is 34.9 Å². The molecule has 0 fully saturated rings. The molecule has 3 heterocycles. The molecule has 2 aromatic heterocycles. The summed E-state index contributed by atoms with van der Waals surface area (Å²) in [6, 6.07) is 7.44. The number of para-hydroxylation sites is 1. The number of ether oxygens (including phenoxy) is 2. The first-order valence-electron chi connectivity index (χ1n) is 10.6. The molecule has 0 unspecified atom stereocenters. The standard InChI is InChI=1S/C23H24N4O5S/c1-3-31-20(29)10-14-13-33-23(24-14)26-19(28)12-32-22(30)21-15-6-4-5-7-17(15)25-18-8-9-27(2)11-16(18)21/h4-7,13H,3,8-12H2,1-2H3,(H,24,26,28). The Morgan fingerprint density at radius 1 is 1.18 bits per heavy atom. The Morgan fingerprint density at radius 2 is 2.00 bits per heavy atom. The quantitative estimate of drug-likeness (QED) is 0.527. The van der Waals surface area contributed by atoms with Gasteiger partial charge in [-0.15, -0.1) is 11.3 Å². The molecule has 0 spiro atoms. The van der Waals surface area contributed by atoms with Crippen LogP contribution in [-0.2, 0) is 38.4 Å². The number of carbonyl (C=O) groups excluding carboxylic acids is 3. The number of carbonyl (C=O) groups is 3. The van der Waals surface area contributed by atoms with Crippen LogP contribution in [0.1, 0.15) is 34.2 Å². The number of pyridine rings is 1. The fourth-order valence-corrected chi connectivity index (χ4v) is 4.45. The molecule has 1 aromatic carbocycles. The molecule has 33 heavy (non-hydrogen) atoms. The van der Waals surface area contributed by atoms with E-state index in [1.54, 1.807) is 12.3 Å². The van der Waals surface area contributed by atoms with Gasteiger partial charge in [0.05, 0.1) is 29.8 Å². The lowest BCUT2D eigenvalue weighted by atomic mass is 9.96. The number of amides is 1. The van der Waals surface area contributed by atoms with Gasteiger partial charge < -0.3 is 14.4 Å².